The number of rotatable bonds is 2. The summed E-state index contributed by atoms with van der Waals surface area (Å²) in [6, 6.07) is 3.86. The quantitative estimate of drug-likeness (QED) is 0.439. The van der Waals surface area contributed by atoms with Crippen molar-refractivity contribution in [3.63, 3.8) is 0 Å². The first-order chi connectivity index (χ1) is 7.25. The van der Waals surface area contributed by atoms with Gasteiger partial charge in [0.05, 0.1) is 10.9 Å². The molecule has 0 N–H and O–H groups in total. The molecule has 0 spiro atoms. The average molecular weight is 363 g/mol. The number of benzene rings is 1. The Morgan fingerprint density at radius 1 is 1.44 bits per heavy atom. The third-order valence-electron chi connectivity index (χ3n) is 1.92. The standard InChI is InChI=1S/C10H7ClF3IO/c1-5(11)9(16)6-3-2-4-7(15)8(6)10(12,13)14/h2-5H,1H3. The highest BCUT2D eigenvalue weighted by molar-refractivity contribution is 14.1. The van der Waals surface area contributed by atoms with Gasteiger partial charge in [-0.15, -0.1) is 11.6 Å². The van der Waals surface area contributed by atoms with Crippen molar-refractivity contribution >= 4 is 40.0 Å². The van der Waals surface area contributed by atoms with Crippen LogP contribution in [0.2, 0.25) is 0 Å². The van der Waals surface area contributed by atoms with E-state index in [-0.39, 0.29) is 9.13 Å². The van der Waals surface area contributed by atoms with Crippen molar-refractivity contribution in [2.45, 2.75) is 18.5 Å². The molecule has 0 saturated carbocycles. The molecule has 0 heterocycles. The largest absolute Gasteiger partial charge is 0.418 e. The van der Waals surface area contributed by atoms with E-state index in [1.54, 1.807) is 22.6 Å². The fraction of sp³-hybridized carbons (Fsp3) is 0.300. The highest BCUT2D eigenvalue weighted by Gasteiger charge is 2.37. The Bertz CT molecular complexity index is 415. The molecule has 0 aliphatic heterocycles. The van der Waals surface area contributed by atoms with Crippen molar-refractivity contribution in [2.75, 3.05) is 0 Å². The van der Waals surface area contributed by atoms with Gasteiger partial charge in [-0.25, -0.2) is 0 Å². The van der Waals surface area contributed by atoms with E-state index >= 15 is 0 Å². The normalized spacial score (nSPS) is 13.6. The number of halogens is 5. The second-order valence-electron chi connectivity index (χ2n) is 3.14. The van der Waals surface area contributed by atoms with E-state index in [2.05, 4.69) is 0 Å². The molecule has 0 aliphatic rings. The number of hydrogen-bond acceptors (Lipinski definition) is 1. The summed E-state index contributed by atoms with van der Waals surface area (Å²) in [5.74, 6) is -0.715. The molecular weight excluding hydrogens is 355 g/mol. The topological polar surface area (TPSA) is 17.1 Å². The van der Waals surface area contributed by atoms with Crippen LogP contribution in [0.3, 0.4) is 0 Å². The average Bonchev–Trinajstić information content (AvgIpc) is 2.14. The predicted molar refractivity (Wildman–Crippen MR) is 63.8 cm³/mol. The SMILES string of the molecule is CC(Cl)C(=O)c1cccc(I)c1C(F)(F)F. The van der Waals surface area contributed by atoms with Crippen molar-refractivity contribution in [1.82, 2.24) is 0 Å². The van der Waals surface area contributed by atoms with E-state index in [0.29, 0.717) is 0 Å². The van der Waals surface area contributed by atoms with Crippen molar-refractivity contribution in [2.24, 2.45) is 0 Å². The number of hydrogen-bond donors (Lipinski definition) is 0. The van der Waals surface area contributed by atoms with Gasteiger partial charge in [-0.3, -0.25) is 4.79 Å². The highest BCUT2D eigenvalue weighted by atomic mass is 127. The summed E-state index contributed by atoms with van der Waals surface area (Å²) in [5, 5.41) is -0.973. The van der Waals surface area contributed by atoms with Crippen molar-refractivity contribution in [3.05, 3.63) is 32.9 Å². The molecule has 1 aromatic rings. The molecule has 0 saturated heterocycles. The molecule has 1 nitrogen and oxygen atoms in total. The van der Waals surface area contributed by atoms with E-state index in [4.69, 9.17) is 11.6 Å². The van der Waals surface area contributed by atoms with E-state index in [9.17, 15) is 18.0 Å². The number of Topliss-reactive ketones (excluding diaryl/α,β-unsaturated/α-hetero) is 1. The van der Waals surface area contributed by atoms with E-state index in [0.717, 1.165) is 6.07 Å². The van der Waals surface area contributed by atoms with Crippen LogP contribution in [-0.4, -0.2) is 11.2 Å². The van der Waals surface area contributed by atoms with Gasteiger partial charge in [0.25, 0.3) is 0 Å². The Morgan fingerprint density at radius 2 is 2.00 bits per heavy atom. The van der Waals surface area contributed by atoms with Crippen LogP contribution in [0.25, 0.3) is 0 Å². The Hall–Kier alpha value is -0.300. The summed E-state index contributed by atoms with van der Waals surface area (Å²) in [5.41, 5.74) is -1.28. The zero-order valence-corrected chi connectivity index (χ0v) is 11.0. The van der Waals surface area contributed by atoms with Gasteiger partial charge in [0.1, 0.15) is 0 Å². The molecule has 0 bridgehead atoms. The third-order valence-corrected chi connectivity index (χ3v) is 3.02. The van der Waals surface area contributed by atoms with Crippen LogP contribution >= 0.6 is 34.2 Å². The molecule has 1 atom stereocenters. The molecule has 0 amide bonds. The monoisotopic (exact) mass is 362 g/mol. The van der Waals surface area contributed by atoms with Crippen LogP contribution in [0.4, 0.5) is 13.2 Å². The van der Waals surface area contributed by atoms with Crippen LogP contribution in [0.15, 0.2) is 18.2 Å². The van der Waals surface area contributed by atoms with Gasteiger partial charge >= 0.3 is 6.18 Å². The summed E-state index contributed by atoms with van der Waals surface area (Å²) < 4.78 is 38.2. The molecule has 1 aromatic carbocycles. The lowest BCUT2D eigenvalue weighted by atomic mass is 10.0. The number of carbonyl (C=O) groups is 1. The van der Waals surface area contributed by atoms with E-state index < -0.39 is 22.9 Å². The predicted octanol–water partition coefficient (Wildman–Crippen LogP) is 4.12. The Labute approximate surface area is 109 Å². The van der Waals surface area contributed by atoms with Gasteiger partial charge in [0, 0.05) is 9.13 Å². The Balaban J connectivity index is 3.41. The summed E-state index contributed by atoms with van der Waals surface area (Å²) in [7, 11) is 0. The van der Waals surface area contributed by atoms with Crippen LogP contribution in [0.5, 0.6) is 0 Å². The van der Waals surface area contributed by atoms with Gasteiger partial charge in [-0.2, -0.15) is 13.2 Å². The lowest BCUT2D eigenvalue weighted by molar-refractivity contribution is -0.138. The minimum absolute atomic E-state index is 0.00623. The fourth-order valence-corrected chi connectivity index (χ4v) is 2.15. The van der Waals surface area contributed by atoms with Crippen LogP contribution < -0.4 is 0 Å². The van der Waals surface area contributed by atoms with Crippen LogP contribution in [0, 0.1) is 3.57 Å². The number of carbonyl (C=O) groups excluding carboxylic acids is 1. The van der Waals surface area contributed by atoms with Gasteiger partial charge in [0.15, 0.2) is 5.78 Å². The van der Waals surface area contributed by atoms with E-state index in [1.807, 2.05) is 0 Å². The zero-order chi connectivity index (χ0) is 12.5. The Morgan fingerprint density at radius 3 is 2.44 bits per heavy atom. The minimum atomic E-state index is -4.55. The van der Waals surface area contributed by atoms with Gasteiger partial charge < -0.3 is 0 Å². The fourth-order valence-electron chi connectivity index (χ4n) is 1.23. The lowest BCUT2D eigenvalue weighted by Gasteiger charge is -2.14. The van der Waals surface area contributed by atoms with Gasteiger partial charge in [-0.1, -0.05) is 12.1 Å². The van der Waals surface area contributed by atoms with E-state index in [1.165, 1.54) is 19.1 Å². The molecule has 88 valence electrons. The molecule has 0 fully saturated rings. The maximum Gasteiger partial charge on any atom is 0.418 e. The number of alkyl halides is 4. The minimum Gasteiger partial charge on any atom is -0.293 e. The second-order valence-corrected chi connectivity index (χ2v) is 4.96. The summed E-state index contributed by atoms with van der Waals surface area (Å²) in [6.07, 6.45) is -4.55. The first kappa shape index (κ1) is 13.8. The summed E-state index contributed by atoms with van der Waals surface area (Å²) in [4.78, 5) is 11.5. The second kappa shape index (κ2) is 4.91. The first-order valence-corrected chi connectivity index (χ1v) is 5.80. The Kier molecular flexibility index (Phi) is 4.23. The van der Waals surface area contributed by atoms with Crippen LogP contribution in [0.1, 0.15) is 22.8 Å². The molecule has 16 heavy (non-hydrogen) atoms. The van der Waals surface area contributed by atoms with Crippen LogP contribution in [-0.2, 0) is 6.18 Å². The smallest absolute Gasteiger partial charge is 0.293 e. The van der Waals surface area contributed by atoms with Crippen molar-refractivity contribution in [1.29, 1.82) is 0 Å². The lowest BCUT2D eigenvalue weighted by Crippen LogP contribution is -2.19. The third kappa shape index (κ3) is 2.88. The molecule has 1 rings (SSSR count). The van der Waals surface area contributed by atoms with Crippen molar-refractivity contribution in [3.8, 4) is 0 Å². The molecule has 0 radical (unpaired) electrons. The number of ketones is 1. The molecule has 6 heteroatoms. The van der Waals surface area contributed by atoms with Gasteiger partial charge in [-0.05, 0) is 35.6 Å². The first-order valence-electron chi connectivity index (χ1n) is 4.29. The molecule has 1 unspecified atom stereocenters. The molecular formula is C10H7ClF3IO. The molecule has 0 aromatic heterocycles. The van der Waals surface area contributed by atoms with Crippen molar-refractivity contribution < 1.29 is 18.0 Å². The van der Waals surface area contributed by atoms with Gasteiger partial charge in [0.2, 0.25) is 0 Å². The molecule has 0 aliphatic carbocycles. The maximum atomic E-state index is 12.7. The zero-order valence-electron chi connectivity index (χ0n) is 8.11. The maximum absolute atomic E-state index is 12.7. The summed E-state index contributed by atoms with van der Waals surface area (Å²) in [6.45, 7) is 1.35. The highest BCUT2D eigenvalue weighted by Crippen LogP contribution is 2.36. The summed E-state index contributed by atoms with van der Waals surface area (Å²) >= 11 is 7.07.